The number of hydrogen-bond donors (Lipinski definition) is 0. The number of ether oxygens (including phenoxy) is 1. The van der Waals surface area contributed by atoms with E-state index in [4.69, 9.17) is 9.26 Å². The van der Waals surface area contributed by atoms with E-state index in [0.29, 0.717) is 17.2 Å². The zero-order valence-corrected chi connectivity index (χ0v) is 12.7. The predicted octanol–water partition coefficient (Wildman–Crippen LogP) is 3.84. The van der Waals surface area contributed by atoms with Gasteiger partial charge in [-0.1, -0.05) is 5.16 Å². The molecule has 0 amide bonds. The summed E-state index contributed by atoms with van der Waals surface area (Å²) in [4.78, 5) is 5.62. The van der Waals surface area contributed by atoms with Crippen molar-refractivity contribution in [3.63, 3.8) is 0 Å². The number of halogens is 1. The van der Waals surface area contributed by atoms with Gasteiger partial charge in [-0.25, -0.2) is 0 Å². The Hall–Kier alpha value is -0.720. The van der Waals surface area contributed by atoms with Gasteiger partial charge < -0.3 is 9.26 Å². The van der Waals surface area contributed by atoms with Crippen LogP contribution in [-0.4, -0.2) is 23.4 Å². The van der Waals surface area contributed by atoms with Gasteiger partial charge in [0.2, 0.25) is 11.7 Å². The summed E-state index contributed by atoms with van der Waals surface area (Å²) in [6.07, 6.45) is 3.42. The molecule has 2 aliphatic rings. The average Bonchev–Trinajstić information content (AvgIpc) is 2.85. The van der Waals surface area contributed by atoms with Crippen LogP contribution in [0.25, 0.3) is 10.7 Å². The number of hydrogen-bond acceptors (Lipinski definition) is 5. The SMILES string of the molecule is Brc1csc(-c2noc(C3CC34CCOCC4)n2)c1. The van der Waals surface area contributed by atoms with Crippen molar-refractivity contribution in [2.75, 3.05) is 13.2 Å². The normalized spacial score (nSPS) is 24.8. The molecule has 1 spiro atoms. The van der Waals surface area contributed by atoms with Crippen LogP contribution in [0.4, 0.5) is 0 Å². The van der Waals surface area contributed by atoms with Gasteiger partial charge in [-0.2, -0.15) is 4.98 Å². The summed E-state index contributed by atoms with van der Waals surface area (Å²) in [6.45, 7) is 1.74. The molecule has 4 rings (SSSR count). The van der Waals surface area contributed by atoms with Crippen LogP contribution < -0.4 is 0 Å². The molecule has 1 saturated carbocycles. The van der Waals surface area contributed by atoms with Gasteiger partial charge in [0.1, 0.15) is 0 Å². The van der Waals surface area contributed by atoms with E-state index < -0.39 is 0 Å². The van der Waals surface area contributed by atoms with Crippen molar-refractivity contribution in [1.82, 2.24) is 10.1 Å². The molecule has 2 fully saturated rings. The average molecular weight is 341 g/mol. The fourth-order valence-corrected chi connectivity index (χ4v) is 4.29. The predicted molar refractivity (Wildman–Crippen MR) is 75.2 cm³/mol. The molecule has 2 aromatic rings. The second-order valence-corrected chi connectivity index (χ2v) is 7.14. The molecule has 19 heavy (non-hydrogen) atoms. The van der Waals surface area contributed by atoms with E-state index in [-0.39, 0.29) is 0 Å². The second-order valence-electron chi connectivity index (χ2n) is 5.32. The Labute approximate surface area is 123 Å². The van der Waals surface area contributed by atoms with Crippen molar-refractivity contribution in [3.8, 4) is 10.7 Å². The van der Waals surface area contributed by atoms with E-state index in [1.54, 1.807) is 11.3 Å². The number of thiophene rings is 1. The van der Waals surface area contributed by atoms with Crippen LogP contribution in [0.1, 0.15) is 31.1 Å². The molecule has 0 bridgehead atoms. The van der Waals surface area contributed by atoms with E-state index >= 15 is 0 Å². The lowest BCUT2D eigenvalue weighted by molar-refractivity contribution is 0.0544. The lowest BCUT2D eigenvalue weighted by atomic mass is 9.94. The van der Waals surface area contributed by atoms with Crippen LogP contribution in [-0.2, 0) is 4.74 Å². The third-order valence-electron chi connectivity index (χ3n) is 4.21. The van der Waals surface area contributed by atoms with Crippen molar-refractivity contribution in [3.05, 3.63) is 21.8 Å². The minimum atomic E-state index is 0.387. The van der Waals surface area contributed by atoms with Gasteiger partial charge in [-0.05, 0) is 46.7 Å². The third kappa shape index (κ3) is 2.06. The number of nitrogens with zero attached hydrogens (tertiary/aromatic N) is 2. The van der Waals surface area contributed by atoms with E-state index in [1.165, 1.54) is 6.42 Å². The second kappa shape index (κ2) is 4.40. The largest absolute Gasteiger partial charge is 0.381 e. The van der Waals surface area contributed by atoms with Gasteiger partial charge in [-0.3, -0.25) is 0 Å². The molecule has 0 radical (unpaired) electrons. The van der Waals surface area contributed by atoms with Crippen molar-refractivity contribution in [1.29, 1.82) is 0 Å². The highest BCUT2D eigenvalue weighted by molar-refractivity contribution is 9.10. The molecule has 4 nitrogen and oxygen atoms in total. The van der Waals surface area contributed by atoms with Gasteiger partial charge in [0, 0.05) is 29.0 Å². The molecule has 1 aliphatic carbocycles. The number of aromatic nitrogens is 2. The van der Waals surface area contributed by atoms with Gasteiger partial charge in [0.05, 0.1) is 4.88 Å². The Morgan fingerprint density at radius 3 is 2.95 bits per heavy atom. The summed E-state index contributed by atoms with van der Waals surface area (Å²) in [7, 11) is 0. The Bertz CT molecular complexity index is 603. The highest BCUT2D eigenvalue weighted by Crippen LogP contribution is 2.64. The highest BCUT2D eigenvalue weighted by atomic mass is 79.9. The van der Waals surface area contributed by atoms with Crippen LogP contribution in [0, 0.1) is 5.41 Å². The molecular weight excluding hydrogens is 328 g/mol. The van der Waals surface area contributed by atoms with Crippen LogP contribution in [0.2, 0.25) is 0 Å². The van der Waals surface area contributed by atoms with E-state index in [2.05, 4.69) is 26.1 Å². The van der Waals surface area contributed by atoms with Crippen LogP contribution >= 0.6 is 27.3 Å². The van der Waals surface area contributed by atoms with Crippen LogP contribution in [0.5, 0.6) is 0 Å². The molecule has 1 saturated heterocycles. The Morgan fingerprint density at radius 2 is 2.21 bits per heavy atom. The number of rotatable bonds is 2. The molecule has 1 unspecified atom stereocenters. The lowest BCUT2D eigenvalue weighted by Crippen LogP contribution is -2.18. The monoisotopic (exact) mass is 340 g/mol. The summed E-state index contributed by atoms with van der Waals surface area (Å²) < 4.78 is 12.0. The van der Waals surface area contributed by atoms with Gasteiger partial charge in [0.25, 0.3) is 0 Å². The zero-order valence-electron chi connectivity index (χ0n) is 10.3. The minimum Gasteiger partial charge on any atom is -0.381 e. The highest BCUT2D eigenvalue weighted by Gasteiger charge is 2.57. The third-order valence-corrected chi connectivity index (χ3v) is 5.89. The first-order valence-electron chi connectivity index (χ1n) is 6.43. The van der Waals surface area contributed by atoms with Gasteiger partial charge in [0.15, 0.2) is 0 Å². The standard InChI is InChI=1S/C13H13BrN2O2S/c14-8-5-10(19-7-8)11-15-12(18-16-11)9-6-13(9)1-3-17-4-2-13/h5,7,9H,1-4,6H2. The zero-order chi connectivity index (χ0) is 12.9. The Balaban J connectivity index is 1.56. The molecule has 0 N–H and O–H groups in total. The van der Waals surface area contributed by atoms with E-state index in [1.807, 2.05) is 11.4 Å². The molecule has 2 aromatic heterocycles. The van der Waals surface area contributed by atoms with Crippen LogP contribution in [0.15, 0.2) is 20.4 Å². The summed E-state index contributed by atoms with van der Waals surface area (Å²) in [5.41, 5.74) is 0.387. The van der Waals surface area contributed by atoms with Crippen molar-refractivity contribution in [2.24, 2.45) is 5.41 Å². The molecule has 1 atom stereocenters. The van der Waals surface area contributed by atoms with E-state index in [0.717, 1.165) is 41.3 Å². The molecule has 1 aliphatic heterocycles. The first-order chi connectivity index (χ1) is 9.27. The minimum absolute atomic E-state index is 0.387. The molecule has 6 heteroatoms. The maximum atomic E-state index is 5.47. The van der Waals surface area contributed by atoms with Gasteiger partial charge in [-0.15, -0.1) is 11.3 Å². The van der Waals surface area contributed by atoms with E-state index in [9.17, 15) is 0 Å². The fraction of sp³-hybridized carbons (Fsp3) is 0.538. The van der Waals surface area contributed by atoms with Crippen molar-refractivity contribution in [2.45, 2.75) is 25.2 Å². The quantitative estimate of drug-likeness (QED) is 0.833. The summed E-state index contributed by atoms with van der Waals surface area (Å²) in [5.74, 6) is 1.96. The fourth-order valence-electron chi connectivity index (χ4n) is 2.93. The summed E-state index contributed by atoms with van der Waals surface area (Å²) in [6, 6.07) is 2.02. The smallest absolute Gasteiger partial charge is 0.230 e. The molecule has 0 aromatic carbocycles. The first-order valence-corrected chi connectivity index (χ1v) is 8.10. The maximum absolute atomic E-state index is 5.47. The first kappa shape index (κ1) is 12.1. The summed E-state index contributed by atoms with van der Waals surface area (Å²) in [5, 5.41) is 6.14. The Morgan fingerprint density at radius 1 is 1.37 bits per heavy atom. The molecule has 3 heterocycles. The summed E-state index contributed by atoms with van der Waals surface area (Å²) >= 11 is 5.07. The van der Waals surface area contributed by atoms with Crippen LogP contribution in [0.3, 0.4) is 0 Å². The maximum Gasteiger partial charge on any atom is 0.230 e. The van der Waals surface area contributed by atoms with Gasteiger partial charge >= 0.3 is 0 Å². The van der Waals surface area contributed by atoms with Crippen molar-refractivity contribution >= 4 is 27.3 Å². The lowest BCUT2D eigenvalue weighted by Gasteiger charge is -2.21. The molecular formula is C13H13BrN2O2S. The topological polar surface area (TPSA) is 48.2 Å². The Kier molecular flexibility index (Phi) is 2.79. The van der Waals surface area contributed by atoms with Crippen molar-refractivity contribution < 1.29 is 9.26 Å². The molecule has 100 valence electrons.